The van der Waals surface area contributed by atoms with E-state index in [-0.39, 0.29) is 11.9 Å². The second-order valence-corrected chi connectivity index (χ2v) is 7.37. The van der Waals surface area contributed by atoms with Crippen LogP contribution >= 0.6 is 0 Å². The zero-order valence-corrected chi connectivity index (χ0v) is 17.3. The van der Waals surface area contributed by atoms with Crippen molar-refractivity contribution in [3.05, 3.63) is 59.7 Å². The van der Waals surface area contributed by atoms with Crippen molar-refractivity contribution in [2.24, 2.45) is 5.92 Å². The van der Waals surface area contributed by atoms with E-state index in [1.165, 1.54) is 14.2 Å². The molecule has 2 aromatic carbocycles. The van der Waals surface area contributed by atoms with E-state index < -0.39 is 5.79 Å². The molecule has 0 radical (unpaired) electrons. The van der Waals surface area contributed by atoms with E-state index in [9.17, 15) is 4.79 Å². The minimum absolute atomic E-state index is 0.179. The van der Waals surface area contributed by atoms with Gasteiger partial charge in [-0.05, 0) is 54.4 Å². The molecule has 0 bridgehead atoms. The molecule has 1 heterocycles. The summed E-state index contributed by atoms with van der Waals surface area (Å²) in [6, 6.07) is 14.1. The third-order valence-corrected chi connectivity index (χ3v) is 4.65. The lowest BCUT2D eigenvalue weighted by Gasteiger charge is -2.30. The Bertz CT molecular complexity index is 789. The van der Waals surface area contributed by atoms with Crippen molar-refractivity contribution in [3.63, 3.8) is 0 Å². The largest absolute Gasteiger partial charge is 0.493 e. The van der Waals surface area contributed by atoms with Gasteiger partial charge >= 0.3 is 0 Å². The molecule has 1 atom stereocenters. The average molecular weight is 400 g/mol. The molecule has 0 amide bonds. The first-order valence-corrected chi connectivity index (χ1v) is 9.71. The van der Waals surface area contributed by atoms with Crippen molar-refractivity contribution in [3.8, 4) is 11.5 Å². The summed E-state index contributed by atoms with van der Waals surface area (Å²) in [5.41, 5.74) is 1.06. The number of carbonyl (C=O) groups is 1. The Kier molecular flexibility index (Phi) is 6.90. The standard InChI is InChI=1S/C23H28O6/c1-16(2)13-27-20-11-7-18(8-12-20)23(25-3,26-4)22(24)17-5-9-19(10-6-17)28-14-21-15-29-21/h5-12,16,21H,13-15H2,1-4H3. The predicted octanol–water partition coefficient (Wildman–Crippen LogP) is 3.83. The Morgan fingerprint density at radius 2 is 1.55 bits per heavy atom. The molecule has 1 unspecified atom stereocenters. The number of Topliss-reactive ketones (excluding diaryl/α,β-unsaturated/α-hetero) is 1. The van der Waals surface area contributed by atoms with Crippen LogP contribution in [0.2, 0.25) is 0 Å². The lowest BCUT2D eigenvalue weighted by atomic mass is 9.95. The Morgan fingerprint density at radius 3 is 2.07 bits per heavy atom. The molecule has 0 spiro atoms. The van der Waals surface area contributed by atoms with Gasteiger partial charge in [0.05, 0.1) is 13.2 Å². The van der Waals surface area contributed by atoms with Gasteiger partial charge in [0.15, 0.2) is 0 Å². The van der Waals surface area contributed by atoms with E-state index in [1.807, 2.05) is 12.1 Å². The highest BCUT2D eigenvalue weighted by molar-refractivity contribution is 6.02. The van der Waals surface area contributed by atoms with E-state index in [0.29, 0.717) is 36.0 Å². The van der Waals surface area contributed by atoms with E-state index in [0.717, 1.165) is 12.4 Å². The first-order valence-electron chi connectivity index (χ1n) is 9.71. The third kappa shape index (κ3) is 5.15. The van der Waals surface area contributed by atoms with Crippen molar-refractivity contribution in [1.82, 2.24) is 0 Å². The minimum atomic E-state index is -1.54. The van der Waals surface area contributed by atoms with Crippen LogP contribution in [-0.2, 0) is 20.0 Å². The number of epoxide rings is 1. The van der Waals surface area contributed by atoms with Gasteiger partial charge in [-0.3, -0.25) is 4.79 Å². The number of rotatable bonds is 11. The van der Waals surface area contributed by atoms with Crippen LogP contribution in [0.15, 0.2) is 48.5 Å². The van der Waals surface area contributed by atoms with Crippen LogP contribution in [-0.4, -0.2) is 45.9 Å². The minimum Gasteiger partial charge on any atom is -0.493 e. The van der Waals surface area contributed by atoms with Gasteiger partial charge in [0.2, 0.25) is 5.78 Å². The number of ketones is 1. The van der Waals surface area contributed by atoms with E-state index in [2.05, 4.69) is 13.8 Å². The number of methoxy groups -OCH3 is 2. The van der Waals surface area contributed by atoms with Gasteiger partial charge in [-0.1, -0.05) is 13.8 Å². The van der Waals surface area contributed by atoms with Crippen molar-refractivity contribution >= 4 is 5.78 Å². The fourth-order valence-electron chi connectivity index (χ4n) is 2.91. The SMILES string of the molecule is COC(OC)(C(=O)c1ccc(OCC2CO2)cc1)c1ccc(OCC(C)C)cc1. The fourth-order valence-corrected chi connectivity index (χ4v) is 2.91. The molecule has 0 aromatic heterocycles. The Hall–Kier alpha value is -2.41. The number of hydrogen-bond donors (Lipinski definition) is 0. The van der Waals surface area contributed by atoms with Crippen LogP contribution in [0.5, 0.6) is 11.5 Å². The maximum Gasteiger partial charge on any atom is 0.260 e. The Morgan fingerprint density at radius 1 is 1.00 bits per heavy atom. The van der Waals surface area contributed by atoms with Gasteiger partial charge in [0, 0.05) is 25.3 Å². The van der Waals surface area contributed by atoms with Crippen molar-refractivity contribution < 1.29 is 28.5 Å². The van der Waals surface area contributed by atoms with Crippen molar-refractivity contribution in [2.75, 3.05) is 34.0 Å². The molecule has 156 valence electrons. The van der Waals surface area contributed by atoms with Crippen molar-refractivity contribution in [2.45, 2.75) is 25.7 Å². The number of carbonyl (C=O) groups excluding carboxylic acids is 1. The number of ether oxygens (including phenoxy) is 5. The monoisotopic (exact) mass is 400 g/mol. The highest BCUT2D eigenvalue weighted by atomic mass is 16.7. The zero-order chi connectivity index (χ0) is 20.9. The molecule has 1 fully saturated rings. The highest BCUT2D eigenvalue weighted by Crippen LogP contribution is 2.32. The molecule has 29 heavy (non-hydrogen) atoms. The third-order valence-electron chi connectivity index (χ3n) is 4.65. The predicted molar refractivity (Wildman–Crippen MR) is 108 cm³/mol. The summed E-state index contributed by atoms with van der Waals surface area (Å²) in [7, 11) is 2.91. The van der Waals surface area contributed by atoms with Crippen LogP contribution in [0, 0.1) is 5.92 Å². The molecule has 6 heteroatoms. The quantitative estimate of drug-likeness (QED) is 0.324. The second-order valence-electron chi connectivity index (χ2n) is 7.37. The Labute approximate surface area is 171 Å². The molecular formula is C23H28O6. The lowest BCUT2D eigenvalue weighted by Crippen LogP contribution is -2.40. The first-order chi connectivity index (χ1) is 14.0. The molecule has 1 aliphatic rings. The van der Waals surface area contributed by atoms with E-state index in [1.54, 1.807) is 36.4 Å². The normalized spacial score (nSPS) is 16.0. The van der Waals surface area contributed by atoms with Gasteiger partial charge < -0.3 is 23.7 Å². The van der Waals surface area contributed by atoms with Gasteiger partial charge in [0.1, 0.15) is 24.2 Å². The van der Waals surface area contributed by atoms with Gasteiger partial charge in [-0.15, -0.1) is 0 Å². The van der Waals surface area contributed by atoms with Gasteiger partial charge in [-0.2, -0.15) is 0 Å². The number of benzene rings is 2. The van der Waals surface area contributed by atoms with Crippen LogP contribution < -0.4 is 9.47 Å². The summed E-state index contributed by atoms with van der Waals surface area (Å²) in [6.45, 7) is 6.05. The first kappa shape index (κ1) is 21.3. The topological polar surface area (TPSA) is 66.5 Å². The fraction of sp³-hybridized carbons (Fsp3) is 0.435. The van der Waals surface area contributed by atoms with Crippen LogP contribution in [0.4, 0.5) is 0 Å². The summed E-state index contributed by atoms with van der Waals surface area (Å²) < 4.78 is 27.6. The molecule has 1 saturated heterocycles. The van der Waals surface area contributed by atoms with Gasteiger partial charge in [0.25, 0.3) is 5.79 Å². The van der Waals surface area contributed by atoms with Crippen LogP contribution in [0.25, 0.3) is 0 Å². The number of hydrogen-bond acceptors (Lipinski definition) is 6. The summed E-state index contributed by atoms with van der Waals surface area (Å²) >= 11 is 0. The molecule has 2 aromatic rings. The van der Waals surface area contributed by atoms with E-state index >= 15 is 0 Å². The molecule has 0 saturated carbocycles. The molecule has 3 rings (SSSR count). The smallest absolute Gasteiger partial charge is 0.260 e. The zero-order valence-electron chi connectivity index (χ0n) is 17.3. The van der Waals surface area contributed by atoms with Gasteiger partial charge in [-0.25, -0.2) is 0 Å². The molecule has 0 N–H and O–H groups in total. The summed E-state index contributed by atoms with van der Waals surface area (Å²) in [5, 5.41) is 0. The Balaban J connectivity index is 1.76. The highest BCUT2D eigenvalue weighted by Gasteiger charge is 2.41. The molecule has 0 aliphatic carbocycles. The lowest BCUT2D eigenvalue weighted by molar-refractivity contribution is -0.176. The van der Waals surface area contributed by atoms with Crippen LogP contribution in [0.3, 0.4) is 0 Å². The summed E-state index contributed by atoms with van der Waals surface area (Å²) in [6.07, 6.45) is 0.179. The van der Waals surface area contributed by atoms with E-state index in [4.69, 9.17) is 23.7 Å². The molecular weight excluding hydrogens is 372 g/mol. The maximum absolute atomic E-state index is 13.3. The molecule has 1 aliphatic heterocycles. The maximum atomic E-state index is 13.3. The second kappa shape index (κ2) is 9.39. The van der Waals surface area contributed by atoms with Crippen LogP contribution in [0.1, 0.15) is 29.8 Å². The molecule has 6 nitrogen and oxygen atoms in total. The van der Waals surface area contributed by atoms with Crippen molar-refractivity contribution in [1.29, 1.82) is 0 Å². The summed E-state index contributed by atoms with van der Waals surface area (Å²) in [4.78, 5) is 13.3. The average Bonchev–Trinajstić information content (AvgIpc) is 3.57. The summed E-state index contributed by atoms with van der Waals surface area (Å²) in [5.74, 6) is 0.00891.